The van der Waals surface area contributed by atoms with Crippen molar-refractivity contribution in [3.63, 3.8) is 0 Å². The monoisotopic (exact) mass is 598 g/mol. The van der Waals surface area contributed by atoms with E-state index < -0.39 is 10.0 Å². The highest BCUT2D eigenvalue weighted by atomic mass is 32.2. The van der Waals surface area contributed by atoms with Gasteiger partial charge in [-0.3, -0.25) is 4.79 Å². The average molecular weight is 599 g/mol. The second kappa shape index (κ2) is 11.8. The van der Waals surface area contributed by atoms with Gasteiger partial charge in [0, 0.05) is 23.7 Å². The molecule has 1 amide bonds. The number of rotatable bonds is 4. The summed E-state index contributed by atoms with van der Waals surface area (Å²) in [5.41, 5.74) is 5.63. The first-order valence-electron chi connectivity index (χ1n) is 14.4. The summed E-state index contributed by atoms with van der Waals surface area (Å²) in [6.45, 7) is 12.9. The van der Waals surface area contributed by atoms with E-state index in [-0.39, 0.29) is 46.3 Å². The Hall–Kier alpha value is -4.24. The fourth-order valence-electron chi connectivity index (χ4n) is 5.44. The molecule has 0 aliphatic carbocycles. The van der Waals surface area contributed by atoms with E-state index >= 15 is 0 Å². The number of aromatic nitrogens is 2. The SMILES string of the molecule is Cc1ccc(CN2C(=O)c3cccc(c3)S(=O)(=O)Nc3nc(cc(-c4c(C)cccc4C)n3)OC[C@H]2CC(C)(C)C)cc1. The van der Waals surface area contributed by atoms with Gasteiger partial charge in [0.2, 0.25) is 11.8 Å². The minimum Gasteiger partial charge on any atom is -0.475 e. The maximum Gasteiger partial charge on any atom is 0.264 e. The number of hydrogen-bond acceptors (Lipinski definition) is 6. The third-order valence-corrected chi connectivity index (χ3v) is 8.83. The van der Waals surface area contributed by atoms with Crippen molar-refractivity contribution in [1.29, 1.82) is 0 Å². The molecule has 1 aliphatic rings. The molecule has 0 spiro atoms. The number of benzene rings is 3. The van der Waals surface area contributed by atoms with Crippen LogP contribution in [0.3, 0.4) is 0 Å². The molecule has 0 radical (unpaired) electrons. The van der Waals surface area contributed by atoms with E-state index in [1.807, 2.05) is 63.2 Å². The molecule has 1 atom stereocenters. The summed E-state index contributed by atoms with van der Waals surface area (Å²) in [4.78, 5) is 25.0. The molecule has 1 N–H and O–H groups in total. The normalized spacial score (nSPS) is 16.7. The van der Waals surface area contributed by atoms with Gasteiger partial charge in [0.25, 0.3) is 15.9 Å². The first kappa shape index (κ1) is 30.2. The van der Waals surface area contributed by atoms with Gasteiger partial charge in [-0.1, -0.05) is 74.9 Å². The van der Waals surface area contributed by atoms with Crippen LogP contribution in [-0.4, -0.2) is 41.8 Å². The molecular formula is C34H38N4O4S. The Bertz CT molecular complexity index is 1740. The van der Waals surface area contributed by atoms with Gasteiger partial charge >= 0.3 is 0 Å². The summed E-state index contributed by atoms with van der Waals surface area (Å²) in [6.07, 6.45) is 0.641. The maximum absolute atomic E-state index is 14.2. The van der Waals surface area contributed by atoms with E-state index in [1.54, 1.807) is 23.1 Å². The van der Waals surface area contributed by atoms with Crippen LogP contribution >= 0.6 is 0 Å². The van der Waals surface area contributed by atoms with Gasteiger partial charge in [0.15, 0.2) is 0 Å². The number of nitrogens with one attached hydrogen (secondary N) is 1. The van der Waals surface area contributed by atoms with Crippen molar-refractivity contribution in [3.05, 3.63) is 101 Å². The number of ether oxygens (including phenoxy) is 1. The number of carbonyl (C=O) groups excluding carboxylic acids is 1. The summed E-state index contributed by atoms with van der Waals surface area (Å²) in [7, 11) is -4.13. The second-order valence-electron chi connectivity index (χ2n) is 12.5. The first-order chi connectivity index (χ1) is 20.3. The molecule has 4 bridgehead atoms. The number of aryl methyl sites for hydroxylation is 3. The van der Waals surface area contributed by atoms with Crippen LogP contribution in [0.4, 0.5) is 5.95 Å². The van der Waals surface area contributed by atoms with E-state index in [0.717, 1.165) is 27.8 Å². The summed E-state index contributed by atoms with van der Waals surface area (Å²) in [5, 5.41) is 0. The van der Waals surface area contributed by atoms with Crippen LogP contribution < -0.4 is 9.46 Å². The predicted molar refractivity (Wildman–Crippen MR) is 169 cm³/mol. The molecule has 0 unspecified atom stereocenters. The minimum absolute atomic E-state index is 0.0520. The summed E-state index contributed by atoms with van der Waals surface area (Å²) < 4.78 is 36.0. The molecule has 0 fully saturated rings. The molecule has 5 rings (SSSR count). The van der Waals surface area contributed by atoms with Crippen molar-refractivity contribution in [1.82, 2.24) is 14.9 Å². The Morgan fingerprint density at radius 2 is 1.60 bits per heavy atom. The molecule has 4 aromatic rings. The zero-order valence-electron chi connectivity index (χ0n) is 25.5. The van der Waals surface area contributed by atoms with Crippen molar-refractivity contribution in [2.45, 2.75) is 65.4 Å². The van der Waals surface area contributed by atoms with Crippen LogP contribution in [0, 0.1) is 26.2 Å². The molecule has 0 saturated carbocycles. The summed E-state index contributed by atoms with van der Waals surface area (Å²) in [6, 6.07) is 21.5. The lowest BCUT2D eigenvalue weighted by Crippen LogP contribution is -2.45. The van der Waals surface area contributed by atoms with Gasteiger partial charge in [-0.25, -0.2) is 18.1 Å². The Morgan fingerprint density at radius 1 is 0.930 bits per heavy atom. The highest BCUT2D eigenvalue weighted by Crippen LogP contribution is 2.31. The fourth-order valence-corrected chi connectivity index (χ4v) is 6.43. The smallest absolute Gasteiger partial charge is 0.264 e. The van der Waals surface area contributed by atoms with E-state index in [4.69, 9.17) is 4.74 Å². The quantitative estimate of drug-likeness (QED) is 0.280. The molecule has 43 heavy (non-hydrogen) atoms. The van der Waals surface area contributed by atoms with Gasteiger partial charge in [-0.2, -0.15) is 4.98 Å². The van der Waals surface area contributed by atoms with Gasteiger partial charge in [0.1, 0.15) is 6.61 Å². The Balaban J connectivity index is 1.68. The Morgan fingerprint density at radius 3 is 2.28 bits per heavy atom. The molecule has 224 valence electrons. The van der Waals surface area contributed by atoms with Crippen molar-refractivity contribution in [2.24, 2.45) is 5.41 Å². The molecule has 3 aromatic carbocycles. The van der Waals surface area contributed by atoms with Crippen LogP contribution in [0.5, 0.6) is 5.88 Å². The van der Waals surface area contributed by atoms with Crippen molar-refractivity contribution in [3.8, 4) is 17.1 Å². The van der Waals surface area contributed by atoms with Gasteiger partial charge in [-0.15, -0.1) is 0 Å². The molecule has 1 aromatic heterocycles. The number of fused-ring (bicyclic) bond motifs is 4. The lowest BCUT2D eigenvalue weighted by molar-refractivity contribution is 0.0513. The van der Waals surface area contributed by atoms with Crippen LogP contribution in [0.15, 0.2) is 77.7 Å². The van der Waals surface area contributed by atoms with Crippen molar-refractivity contribution in [2.75, 3.05) is 11.3 Å². The zero-order chi connectivity index (χ0) is 30.9. The summed E-state index contributed by atoms with van der Waals surface area (Å²) >= 11 is 0. The Kier molecular flexibility index (Phi) is 8.29. The lowest BCUT2D eigenvalue weighted by Gasteiger charge is -2.36. The average Bonchev–Trinajstić information content (AvgIpc) is 2.93. The van der Waals surface area contributed by atoms with E-state index in [1.165, 1.54) is 12.1 Å². The first-order valence-corrected chi connectivity index (χ1v) is 15.9. The van der Waals surface area contributed by atoms with Crippen LogP contribution in [0.2, 0.25) is 0 Å². The highest BCUT2D eigenvalue weighted by Gasteiger charge is 2.31. The molecular weight excluding hydrogens is 560 g/mol. The summed E-state index contributed by atoms with van der Waals surface area (Å²) in [5.74, 6) is -0.156. The van der Waals surface area contributed by atoms with E-state index in [2.05, 4.69) is 35.5 Å². The number of carbonyl (C=O) groups is 1. The topological polar surface area (TPSA) is 101 Å². The largest absolute Gasteiger partial charge is 0.475 e. The Labute approximate surface area is 254 Å². The number of nitrogens with zero attached hydrogens (tertiary/aromatic N) is 3. The van der Waals surface area contributed by atoms with Crippen molar-refractivity contribution >= 4 is 21.9 Å². The van der Waals surface area contributed by atoms with E-state index in [0.29, 0.717) is 18.7 Å². The molecule has 9 heteroatoms. The molecule has 2 heterocycles. The molecule has 1 aliphatic heterocycles. The van der Waals surface area contributed by atoms with Gasteiger partial charge < -0.3 is 9.64 Å². The number of hydrogen-bond donors (Lipinski definition) is 1. The number of sulfonamides is 1. The van der Waals surface area contributed by atoms with Crippen LogP contribution in [-0.2, 0) is 16.6 Å². The van der Waals surface area contributed by atoms with Gasteiger partial charge in [-0.05, 0) is 67.5 Å². The van der Waals surface area contributed by atoms with Crippen LogP contribution in [0.25, 0.3) is 11.3 Å². The second-order valence-corrected chi connectivity index (χ2v) is 14.1. The standard InChI is InChI=1S/C34H38N4O4S/c1-22-13-15-25(16-14-22)20-38-27(19-34(4,5)6)21-42-30-18-29(31-23(2)9-7-10-24(31)3)35-33(36-30)37-43(40,41)28-12-8-11-26(17-28)32(38)39/h7-18,27H,19-21H2,1-6H3,(H,35,36,37)/t27-/m1/s1. The minimum atomic E-state index is -4.13. The zero-order valence-corrected chi connectivity index (χ0v) is 26.3. The van der Waals surface area contributed by atoms with E-state index in [9.17, 15) is 13.2 Å². The number of anilines is 1. The fraction of sp³-hybridized carbons (Fsp3) is 0.324. The lowest BCUT2D eigenvalue weighted by atomic mass is 9.87. The third kappa shape index (κ3) is 7.05. The molecule has 0 saturated heterocycles. The number of amides is 1. The maximum atomic E-state index is 14.2. The van der Waals surface area contributed by atoms with Gasteiger partial charge in [0.05, 0.1) is 16.6 Å². The predicted octanol–water partition coefficient (Wildman–Crippen LogP) is 6.71. The van der Waals surface area contributed by atoms with Crippen molar-refractivity contribution < 1.29 is 17.9 Å². The molecule has 8 nitrogen and oxygen atoms in total. The third-order valence-electron chi connectivity index (χ3n) is 7.50. The highest BCUT2D eigenvalue weighted by molar-refractivity contribution is 7.92. The van der Waals surface area contributed by atoms with Crippen LogP contribution in [0.1, 0.15) is 59.8 Å².